The predicted molar refractivity (Wildman–Crippen MR) is 70.6 cm³/mol. The summed E-state index contributed by atoms with van der Waals surface area (Å²) >= 11 is 2.23. The Kier molecular flexibility index (Phi) is 3.78. The van der Waals surface area contributed by atoms with E-state index in [0.717, 1.165) is 9.13 Å². The summed E-state index contributed by atoms with van der Waals surface area (Å²) < 4.78 is 6.63. The topological polar surface area (TPSA) is 63.3 Å². The van der Waals surface area contributed by atoms with E-state index in [-0.39, 0.29) is 6.42 Å². The minimum Gasteiger partial charge on any atom is -0.481 e. The van der Waals surface area contributed by atoms with E-state index in [4.69, 9.17) is 9.52 Å². The van der Waals surface area contributed by atoms with Gasteiger partial charge in [-0.05, 0) is 34.7 Å². The van der Waals surface area contributed by atoms with Crippen molar-refractivity contribution in [1.82, 2.24) is 4.98 Å². The molecule has 1 aromatic heterocycles. The van der Waals surface area contributed by atoms with Gasteiger partial charge in [0.15, 0.2) is 11.7 Å². The molecule has 0 unspecified atom stereocenters. The number of carboxylic acid groups (broad SMARTS) is 1. The molecular weight excluding hydrogens is 333 g/mol. The number of hydrogen-bond donors (Lipinski definition) is 1. The first-order valence-electron chi connectivity index (χ1n) is 5.07. The van der Waals surface area contributed by atoms with Crippen molar-refractivity contribution >= 4 is 28.6 Å². The van der Waals surface area contributed by atoms with Gasteiger partial charge in [-0.2, -0.15) is 0 Å². The molecule has 17 heavy (non-hydrogen) atoms. The molecule has 0 fully saturated rings. The Morgan fingerprint density at radius 3 is 2.71 bits per heavy atom. The highest BCUT2D eigenvalue weighted by atomic mass is 127. The third-order valence-corrected chi connectivity index (χ3v) is 2.95. The van der Waals surface area contributed by atoms with Crippen LogP contribution in [-0.4, -0.2) is 16.1 Å². The Morgan fingerprint density at radius 1 is 1.35 bits per heavy atom. The fourth-order valence-corrected chi connectivity index (χ4v) is 1.75. The van der Waals surface area contributed by atoms with Gasteiger partial charge in [-0.15, -0.1) is 0 Å². The van der Waals surface area contributed by atoms with Gasteiger partial charge in [0.2, 0.25) is 0 Å². The molecule has 1 heterocycles. The Balaban J connectivity index is 2.12. The van der Waals surface area contributed by atoms with Crippen molar-refractivity contribution in [2.45, 2.75) is 12.8 Å². The number of oxazole rings is 1. The van der Waals surface area contributed by atoms with Crippen LogP contribution in [0, 0.1) is 3.57 Å². The number of rotatable bonds is 4. The quantitative estimate of drug-likeness (QED) is 0.867. The summed E-state index contributed by atoms with van der Waals surface area (Å²) in [5.41, 5.74) is 0.944. The maximum atomic E-state index is 10.4. The van der Waals surface area contributed by atoms with Gasteiger partial charge >= 0.3 is 5.97 Å². The first-order chi connectivity index (χ1) is 8.15. The van der Waals surface area contributed by atoms with Gasteiger partial charge in [-0.25, -0.2) is 4.98 Å². The van der Waals surface area contributed by atoms with Crippen LogP contribution in [0.15, 0.2) is 34.9 Å². The van der Waals surface area contributed by atoms with Gasteiger partial charge in [0.05, 0.1) is 12.6 Å². The first kappa shape index (κ1) is 12.1. The fourth-order valence-electron chi connectivity index (χ4n) is 1.39. The third kappa shape index (κ3) is 3.29. The van der Waals surface area contributed by atoms with E-state index in [2.05, 4.69) is 27.6 Å². The summed E-state index contributed by atoms with van der Waals surface area (Å²) in [5.74, 6) is 0.279. The van der Waals surface area contributed by atoms with Gasteiger partial charge in [-0.3, -0.25) is 4.79 Å². The SMILES string of the molecule is O=C(O)CCc1ncc(-c2ccc(I)cc2)o1. The summed E-state index contributed by atoms with van der Waals surface area (Å²) in [7, 11) is 0. The van der Waals surface area contributed by atoms with Crippen LogP contribution in [0.25, 0.3) is 11.3 Å². The Bertz CT molecular complexity index is 519. The molecule has 0 aliphatic carbocycles. The lowest BCUT2D eigenvalue weighted by Crippen LogP contribution is -1.97. The van der Waals surface area contributed by atoms with Crippen LogP contribution in [0.4, 0.5) is 0 Å². The van der Waals surface area contributed by atoms with E-state index < -0.39 is 5.97 Å². The standard InChI is InChI=1S/C12H10INO3/c13-9-3-1-8(2-4-9)10-7-14-11(17-10)5-6-12(15)16/h1-4,7H,5-6H2,(H,15,16). The van der Waals surface area contributed by atoms with Crippen molar-refractivity contribution in [1.29, 1.82) is 0 Å². The number of aryl methyl sites for hydroxylation is 1. The van der Waals surface area contributed by atoms with E-state index in [1.54, 1.807) is 6.20 Å². The largest absolute Gasteiger partial charge is 0.481 e. The zero-order valence-electron chi connectivity index (χ0n) is 8.89. The predicted octanol–water partition coefficient (Wildman–Crippen LogP) is 2.96. The highest BCUT2D eigenvalue weighted by molar-refractivity contribution is 14.1. The van der Waals surface area contributed by atoms with Gasteiger partial charge in [0.25, 0.3) is 0 Å². The second-order valence-corrected chi connectivity index (χ2v) is 4.76. The maximum Gasteiger partial charge on any atom is 0.303 e. The number of carbonyl (C=O) groups is 1. The van der Waals surface area contributed by atoms with Crippen molar-refractivity contribution < 1.29 is 14.3 Å². The van der Waals surface area contributed by atoms with Crippen LogP contribution >= 0.6 is 22.6 Å². The van der Waals surface area contributed by atoms with Crippen LogP contribution in [-0.2, 0) is 11.2 Å². The van der Waals surface area contributed by atoms with Gasteiger partial charge < -0.3 is 9.52 Å². The van der Waals surface area contributed by atoms with E-state index in [1.165, 1.54) is 0 Å². The number of halogens is 1. The Labute approximate surface area is 112 Å². The summed E-state index contributed by atoms with van der Waals surface area (Å²) in [6.45, 7) is 0. The summed E-state index contributed by atoms with van der Waals surface area (Å²) in [6, 6.07) is 7.86. The molecule has 2 rings (SSSR count). The zero-order valence-corrected chi connectivity index (χ0v) is 11.0. The van der Waals surface area contributed by atoms with Crippen LogP contribution in [0.5, 0.6) is 0 Å². The minimum atomic E-state index is -0.848. The number of carboxylic acids is 1. The Hall–Kier alpha value is -1.37. The molecule has 88 valence electrons. The molecule has 0 saturated carbocycles. The highest BCUT2D eigenvalue weighted by Gasteiger charge is 2.07. The molecule has 0 radical (unpaired) electrons. The van der Waals surface area contributed by atoms with Crippen molar-refractivity contribution in [3.63, 3.8) is 0 Å². The smallest absolute Gasteiger partial charge is 0.303 e. The summed E-state index contributed by atoms with van der Waals surface area (Å²) in [6.07, 6.45) is 1.98. The highest BCUT2D eigenvalue weighted by Crippen LogP contribution is 2.21. The zero-order chi connectivity index (χ0) is 12.3. The van der Waals surface area contributed by atoms with Crippen molar-refractivity contribution in [3.05, 3.63) is 39.9 Å². The van der Waals surface area contributed by atoms with E-state index in [9.17, 15) is 4.79 Å². The molecule has 5 heteroatoms. The maximum absolute atomic E-state index is 10.4. The average Bonchev–Trinajstić information content (AvgIpc) is 2.76. The first-order valence-corrected chi connectivity index (χ1v) is 6.15. The Morgan fingerprint density at radius 2 is 2.06 bits per heavy atom. The van der Waals surface area contributed by atoms with Gasteiger partial charge in [0.1, 0.15) is 0 Å². The van der Waals surface area contributed by atoms with Crippen molar-refractivity contribution in [2.24, 2.45) is 0 Å². The van der Waals surface area contributed by atoms with Crippen molar-refractivity contribution in [2.75, 3.05) is 0 Å². The molecule has 0 spiro atoms. The second-order valence-electron chi connectivity index (χ2n) is 3.52. The molecule has 1 N–H and O–H groups in total. The molecule has 0 amide bonds. The van der Waals surface area contributed by atoms with Crippen molar-refractivity contribution in [3.8, 4) is 11.3 Å². The molecule has 2 aromatic rings. The number of aliphatic carboxylic acids is 1. The van der Waals surface area contributed by atoms with E-state index in [1.807, 2.05) is 24.3 Å². The molecule has 0 aliphatic rings. The normalized spacial score (nSPS) is 10.4. The summed E-state index contributed by atoms with van der Waals surface area (Å²) in [4.78, 5) is 14.5. The molecule has 1 aromatic carbocycles. The molecule has 0 saturated heterocycles. The molecule has 0 bridgehead atoms. The van der Waals surface area contributed by atoms with E-state index in [0.29, 0.717) is 18.1 Å². The lowest BCUT2D eigenvalue weighted by molar-refractivity contribution is -0.137. The van der Waals surface area contributed by atoms with Crippen LogP contribution in [0.3, 0.4) is 0 Å². The van der Waals surface area contributed by atoms with Crippen LogP contribution in [0.1, 0.15) is 12.3 Å². The second kappa shape index (κ2) is 5.31. The van der Waals surface area contributed by atoms with Gasteiger partial charge in [0, 0.05) is 15.6 Å². The van der Waals surface area contributed by atoms with Crippen LogP contribution in [0.2, 0.25) is 0 Å². The lowest BCUT2D eigenvalue weighted by atomic mass is 10.2. The monoisotopic (exact) mass is 343 g/mol. The number of hydrogen-bond acceptors (Lipinski definition) is 3. The van der Waals surface area contributed by atoms with E-state index >= 15 is 0 Å². The minimum absolute atomic E-state index is 0.0344. The lowest BCUT2D eigenvalue weighted by Gasteiger charge is -1.96. The number of aromatic nitrogens is 1. The molecule has 0 atom stereocenters. The number of benzene rings is 1. The number of nitrogens with zero attached hydrogens (tertiary/aromatic N) is 1. The molecule has 4 nitrogen and oxygen atoms in total. The average molecular weight is 343 g/mol. The van der Waals surface area contributed by atoms with Gasteiger partial charge in [-0.1, -0.05) is 12.1 Å². The fraction of sp³-hybridized carbons (Fsp3) is 0.167. The third-order valence-electron chi connectivity index (χ3n) is 2.24. The summed E-state index contributed by atoms with van der Waals surface area (Å²) in [5, 5.41) is 8.56. The molecular formula is C12H10INO3. The van der Waals surface area contributed by atoms with Crippen LogP contribution < -0.4 is 0 Å². The molecule has 0 aliphatic heterocycles.